The Bertz CT molecular complexity index is 270. The molecule has 0 aromatic carbocycles. The summed E-state index contributed by atoms with van der Waals surface area (Å²) in [5, 5.41) is 20.5. The first-order valence-corrected chi connectivity index (χ1v) is 6.02. The Labute approximate surface area is 101 Å². The second-order valence-corrected chi connectivity index (χ2v) is 4.32. The molecule has 0 radical (unpaired) electrons. The number of hydrogen-bond acceptors (Lipinski definition) is 3. The lowest BCUT2D eigenvalue weighted by molar-refractivity contribution is -0.137. The van der Waals surface area contributed by atoms with Crippen molar-refractivity contribution in [3.05, 3.63) is 0 Å². The van der Waals surface area contributed by atoms with Gasteiger partial charge in [0.25, 0.3) is 0 Å². The fraction of sp³-hybridized carbons (Fsp3) is 0.818. The largest absolute Gasteiger partial charge is 0.481 e. The lowest BCUT2D eigenvalue weighted by Gasteiger charge is -2.16. The molecule has 1 saturated heterocycles. The van der Waals surface area contributed by atoms with Gasteiger partial charge in [-0.2, -0.15) is 0 Å². The van der Waals surface area contributed by atoms with E-state index in [2.05, 4.69) is 5.32 Å². The quantitative estimate of drug-likeness (QED) is 0.590. The molecule has 0 saturated carbocycles. The molecule has 1 unspecified atom stereocenters. The monoisotopic (exact) mass is 244 g/mol. The molecule has 1 heterocycles. The molecule has 1 atom stereocenters. The highest BCUT2D eigenvalue weighted by Crippen LogP contribution is 2.08. The predicted molar refractivity (Wildman–Crippen MR) is 61.7 cm³/mol. The number of hydrogen-bond donors (Lipinski definition) is 3. The number of β-amino-alcohol motifs (C(OH)–C–C–N with tert-alkyl or cyclic N) is 1. The van der Waals surface area contributed by atoms with Gasteiger partial charge >= 0.3 is 12.0 Å². The number of urea groups is 1. The van der Waals surface area contributed by atoms with Gasteiger partial charge < -0.3 is 20.4 Å². The maximum atomic E-state index is 11.5. The van der Waals surface area contributed by atoms with E-state index in [1.165, 1.54) is 0 Å². The highest BCUT2D eigenvalue weighted by atomic mass is 16.4. The number of aliphatic hydroxyl groups is 1. The second kappa shape index (κ2) is 7.11. The molecule has 0 aromatic rings. The summed E-state index contributed by atoms with van der Waals surface area (Å²) in [6, 6.07) is -0.139. The van der Waals surface area contributed by atoms with E-state index in [9.17, 15) is 14.7 Å². The summed E-state index contributed by atoms with van der Waals surface area (Å²) in [6.45, 7) is 1.57. The zero-order valence-corrected chi connectivity index (χ0v) is 9.89. The van der Waals surface area contributed by atoms with E-state index < -0.39 is 12.1 Å². The number of carbonyl (C=O) groups excluding carboxylic acids is 1. The normalized spacial score (nSPS) is 19.4. The van der Waals surface area contributed by atoms with Crippen molar-refractivity contribution in [1.82, 2.24) is 10.2 Å². The number of rotatable bonds is 6. The molecule has 98 valence electrons. The van der Waals surface area contributed by atoms with Crippen molar-refractivity contribution in [3.8, 4) is 0 Å². The van der Waals surface area contributed by atoms with Gasteiger partial charge in [-0.1, -0.05) is 6.42 Å². The number of nitrogens with zero attached hydrogens (tertiary/aromatic N) is 1. The first kappa shape index (κ1) is 13.8. The van der Waals surface area contributed by atoms with Crippen molar-refractivity contribution in [2.24, 2.45) is 0 Å². The lowest BCUT2D eigenvalue weighted by atomic mass is 10.2. The Morgan fingerprint density at radius 3 is 2.65 bits per heavy atom. The molecule has 0 aliphatic carbocycles. The van der Waals surface area contributed by atoms with Gasteiger partial charge in [0.1, 0.15) is 0 Å². The van der Waals surface area contributed by atoms with E-state index in [0.717, 1.165) is 12.8 Å². The second-order valence-electron chi connectivity index (χ2n) is 4.32. The van der Waals surface area contributed by atoms with Crippen LogP contribution in [-0.2, 0) is 4.79 Å². The summed E-state index contributed by atoms with van der Waals surface area (Å²) in [6.07, 6.45) is 2.67. The zero-order chi connectivity index (χ0) is 12.7. The van der Waals surface area contributed by atoms with Crippen molar-refractivity contribution in [3.63, 3.8) is 0 Å². The molecule has 0 spiro atoms. The third-order valence-electron chi connectivity index (χ3n) is 2.79. The van der Waals surface area contributed by atoms with Crippen LogP contribution < -0.4 is 5.32 Å². The van der Waals surface area contributed by atoms with Crippen molar-refractivity contribution >= 4 is 12.0 Å². The summed E-state index contributed by atoms with van der Waals surface area (Å²) >= 11 is 0. The van der Waals surface area contributed by atoms with E-state index in [0.29, 0.717) is 32.5 Å². The molecule has 1 rings (SSSR count). The van der Waals surface area contributed by atoms with Crippen molar-refractivity contribution in [2.45, 2.75) is 38.2 Å². The SMILES string of the molecule is O=C(O)CCCCCNC(=O)N1CCC(O)C1. The Morgan fingerprint density at radius 2 is 2.06 bits per heavy atom. The maximum Gasteiger partial charge on any atom is 0.317 e. The fourth-order valence-electron chi connectivity index (χ4n) is 1.81. The highest BCUT2D eigenvalue weighted by Gasteiger charge is 2.23. The topological polar surface area (TPSA) is 89.9 Å². The maximum absolute atomic E-state index is 11.5. The van der Waals surface area contributed by atoms with Gasteiger partial charge in [0.15, 0.2) is 0 Å². The van der Waals surface area contributed by atoms with Crippen LogP contribution in [0.5, 0.6) is 0 Å². The molecule has 1 aliphatic heterocycles. The first-order valence-electron chi connectivity index (χ1n) is 6.02. The summed E-state index contributed by atoms with van der Waals surface area (Å²) in [7, 11) is 0. The van der Waals surface area contributed by atoms with E-state index in [-0.39, 0.29) is 12.5 Å². The summed E-state index contributed by atoms with van der Waals surface area (Å²) in [4.78, 5) is 23.4. The minimum Gasteiger partial charge on any atom is -0.481 e. The Morgan fingerprint density at radius 1 is 1.29 bits per heavy atom. The van der Waals surface area contributed by atoms with Crippen LogP contribution in [0.1, 0.15) is 32.1 Å². The van der Waals surface area contributed by atoms with Crippen molar-refractivity contribution in [2.75, 3.05) is 19.6 Å². The molecule has 6 nitrogen and oxygen atoms in total. The number of amides is 2. The van der Waals surface area contributed by atoms with Gasteiger partial charge in [0, 0.05) is 26.1 Å². The standard InChI is InChI=1S/C11H20N2O4/c14-9-5-7-13(8-9)11(17)12-6-3-1-2-4-10(15)16/h9,14H,1-8H2,(H,12,17)(H,15,16). The molecule has 6 heteroatoms. The molecule has 3 N–H and O–H groups in total. The van der Waals surface area contributed by atoms with Crippen LogP contribution >= 0.6 is 0 Å². The molecular formula is C11H20N2O4. The molecule has 2 amide bonds. The van der Waals surface area contributed by atoms with E-state index in [4.69, 9.17) is 5.11 Å². The third-order valence-corrected chi connectivity index (χ3v) is 2.79. The number of aliphatic hydroxyl groups excluding tert-OH is 1. The number of carbonyl (C=O) groups is 2. The Balaban J connectivity index is 1.99. The average Bonchev–Trinajstić information content (AvgIpc) is 2.69. The number of carboxylic acid groups (broad SMARTS) is 1. The van der Waals surface area contributed by atoms with Crippen LogP contribution in [0.15, 0.2) is 0 Å². The minimum atomic E-state index is -0.778. The number of aliphatic carboxylic acids is 1. The van der Waals surface area contributed by atoms with Gasteiger partial charge in [0.2, 0.25) is 0 Å². The van der Waals surface area contributed by atoms with Gasteiger partial charge in [-0.15, -0.1) is 0 Å². The van der Waals surface area contributed by atoms with E-state index in [1.807, 2.05) is 0 Å². The van der Waals surface area contributed by atoms with Crippen molar-refractivity contribution in [1.29, 1.82) is 0 Å². The molecule has 17 heavy (non-hydrogen) atoms. The third kappa shape index (κ3) is 5.53. The van der Waals surface area contributed by atoms with E-state index >= 15 is 0 Å². The molecule has 0 aromatic heterocycles. The van der Waals surface area contributed by atoms with Gasteiger partial charge in [0.05, 0.1) is 6.10 Å². The fourth-order valence-corrected chi connectivity index (χ4v) is 1.81. The summed E-state index contributed by atoms with van der Waals surface area (Å²) in [5.41, 5.74) is 0. The van der Waals surface area contributed by atoms with Crippen molar-refractivity contribution < 1.29 is 19.8 Å². The van der Waals surface area contributed by atoms with Crippen LogP contribution in [0, 0.1) is 0 Å². The highest BCUT2D eigenvalue weighted by molar-refractivity contribution is 5.74. The Kier molecular flexibility index (Phi) is 5.76. The lowest BCUT2D eigenvalue weighted by Crippen LogP contribution is -2.39. The van der Waals surface area contributed by atoms with Gasteiger partial charge in [-0.25, -0.2) is 4.79 Å². The van der Waals surface area contributed by atoms with Crippen LogP contribution in [0.25, 0.3) is 0 Å². The molecule has 1 fully saturated rings. The Hall–Kier alpha value is -1.30. The molecular weight excluding hydrogens is 224 g/mol. The predicted octanol–water partition coefficient (Wildman–Crippen LogP) is 0.408. The number of carboxylic acids is 1. The molecule has 0 bridgehead atoms. The number of unbranched alkanes of at least 4 members (excludes halogenated alkanes) is 2. The smallest absolute Gasteiger partial charge is 0.317 e. The first-order chi connectivity index (χ1) is 8.09. The van der Waals surface area contributed by atoms with Gasteiger partial charge in [-0.3, -0.25) is 4.79 Å². The number of likely N-dealkylation sites (tertiary alicyclic amines) is 1. The summed E-state index contributed by atoms with van der Waals surface area (Å²) in [5.74, 6) is -0.778. The molecule has 1 aliphatic rings. The minimum absolute atomic E-state index is 0.139. The zero-order valence-electron chi connectivity index (χ0n) is 9.89. The number of nitrogens with one attached hydrogen (secondary N) is 1. The van der Waals surface area contributed by atoms with E-state index in [1.54, 1.807) is 4.90 Å². The van der Waals surface area contributed by atoms with Crippen LogP contribution in [0.2, 0.25) is 0 Å². The average molecular weight is 244 g/mol. The van der Waals surface area contributed by atoms with Crippen LogP contribution in [-0.4, -0.2) is 52.9 Å². The van der Waals surface area contributed by atoms with Gasteiger partial charge in [-0.05, 0) is 19.3 Å². The summed E-state index contributed by atoms with van der Waals surface area (Å²) < 4.78 is 0. The van der Waals surface area contributed by atoms with Crippen LogP contribution in [0.4, 0.5) is 4.79 Å². The van der Waals surface area contributed by atoms with Crippen LogP contribution in [0.3, 0.4) is 0 Å².